The van der Waals surface area contributed by atoms with Crippen molar-refractivity contribution in [3.05, 3.63) is 107 Å². The standard InChI is InChI=1S/C28H27F2N3O2.2ClH/c29-22-10-6-20(7-11-22)26(21-8-12-23(30)13-9-21)32-18-16-31(17-19-32)14-3-15-33-27(34)24-4-1-2-5-25(24)28(33)35;;/h1-2,4-13,26H,3,14-19H2;2*1H. The highest BCUT2D eigenvalue weighted by Gasteiger charge is 2.34. The summed E-state index contributed by atoms with van der Waals surface area (Å²) < 4.78 is 27.1. The summed E-state index contributed by atoms with van der Waals surface area (Å²) in [5.74, 6) is -0.988. The predicted molar refractivity (Wildman–Crippen MR) is 144 cm³/mol. The summed E-state index contributed by atoms with van der Waals surface area (Å²) in [6.07, 6.45) is 0.713. The fraction of sp³-hybridized carbons (Fsp3) is 0.286. The lowest BCUT2D eigenvalue weighted by molar-refractivity contribution is 0.0637. The Hall–Kier alpha value is -2.84. The van der Waals surface area contributed by atoms with Gasteiger partial charge in [0.25, 0.3) is 11.8 Å². The van der Waals surface area contributed by atoms with Crippen molar-refractivity contribution in [2.24, 2.45) is 0 Å². The molecule has 196 valence electrons. The SMILES string of the molecule is Cl.Cl.O=C1c2ccccc2C(=O)N1CCCN1CCN(C(c2ccc(F)cc2)c2ccc(F)cc2)CC1. The van der Waals surface area contributed by atoms with Crippen molar-refractivity contribution in [3.63, 3.8) is 0 Å². The van der Waals surface area contributed by atoms with Crippen LogP contribution in [0.15, 0.2) is 72.8 Å². The highest BCUT2D eigenvalue weighted by Crippen LogP contribution is 2.30. The number of benzene rings is 3. The number of imide groups is 1. The first kappa shape index (κ1) is 28.7. The summed E-state index contributed by atoms with van der Waals surface area (Å²) >= 11 is 0. The molecule has 0 saturated carbocycles. The number of rotatable bonds is 7. The van der Waals surface area contributed by atoms with Gasteiger partial charge in [-0.3, -0.25) is 19.4 Å². The number of carbonyl (C=O) groups excluding carboxylic acids is 2. The van der Waals surface area contributed by atoms with Gasteiger partial charge in [-0.05, 0) is 60.5 Å². The Labute approximate surface area is 227 Å². The molecule has 1 saturated heterocycles. The van der Waals surface area contributed by atoms with Crippen molar-refractivity contribution in [3.8, 4) is 0 Å². The fourth-order valence-corrected chi connectivity index (χ4v) is 5.04. The minimum Gasteiger partial charge on any atom is -0.301 e. The van der Waals surface area contributed by atoms with Crippen LogP contribution < -0.4 is 0 Å². The lowest BCUT2D eigenvalue weighted by atomic mass is 9.96. The van der Waals surface area contributed by atoms with Crippen LogP contribution >= 0.6 is 24.8 Å². The van der Waals surface area contributed by atoms with Crippen molar-refractivity contribution in [2.45, 2.75) is 12.5 Å². The zero-order valence-electron chi connectivity index (χ0n) is 20.2. The maximum absolute atomic E-state index is 13.5. The van der Waals surface area contributed by atoms with Crippen LogP contribution in [0.2, 0.25) is 0 Å². The Balaban J connectivity index is 0.00000190. The summed E-state index contributed by atoms with van der Waals surface area (Å²) in [5, 5.41) is 0. The quantitative estimate of drug-likeness (QED) is 0.381. The Morgan fingerprint density at radius 2 is 1.11 bits per heavy atom. The fourth-order valence-electron chi connectivity index (χ4n) is 5.04. The molecule has 0 spiro atoms. The maximum Gasteiger partial charge on any atom is 0.261 e. The van der Waals surface area contributed by atoms with Crippen molar-refractivity contribution in [1.82, 2.24) is 14.7 Å². The van der Waals surface area contributed by atoms with Gasteiger partial charge in [0.15, 0.2) is 0 Å². The van der Waals surface area contributed by atoms with E-state index in [2.05, 4.69) is 9.80 Å². The van der Waals surface area contributed by atoms with Gasteiger partial charge in [-0.15, -0.1) is 24.8 Å². The first-order chi connectivity index (χ1) is 17.0. The molecule has 0 radical (unpaired) electrons. The van der Waals surface area contributed by atoms with Crippen LogP contribution in [0.25, 0.3) is 0 Å². The monoisotopic (exact) mass is 547 g/mol. The third-order valence-corrected chi connectivity index (χ3v) is 6.88. The zero-order valence-corrected chi connectivity index (χ0v) is 21.8. The minimum atomic E-state index is -0.283. The Morgan fingerprint density at radius 1 is 0.649 bits per heavy atom. The molecule has 1 fully saturated rings. The third-order valence-electron chi connectivity index (χ3n) is 6.88. The largest absolute Gasteiger partial charge is 0.301 e. The molecule has 2 heterocycles. The van der Waals surface area contributed by atoms with Gasteiger partial charge in [0, 0.05) is 32.7 Å². The van der Waals surface area contributed by atoms with Gasteiger partial charge in [-0.25, -0.2) is 8.78 Å². The second kappa shape index (κ2) is 12.6. The van der Waals surface area contributed by atoms with E-state index < -0.39 is 0 Å². The van der Waals surface area contributed by atoms with Gasteiger partial charge in [0.2, 0.25) is 0 Å². The molecule has 5 rings (SSSR count). The molecule has 0 atom stereocenters. The van der Waals surface area contributed by atoms with E-state index in [4.69, 9.17) is 0 Å². The average molecular weight is 548 g/mol. The van der Waals surface area contributed by atoms with E-state index in [-0.39, 0.29) is 54.3 Å². The maximum atomic E-state index is 13.5. The van der Waals surface area contributed by atoms with Gasteiger partial charge in [-0.1, -0.05) is 36.4 Å². The number of piperazine rings is 1. The lowest BCUT2D eigenvalue weighted by Gasteiger charge is -2.40. The van der Waals surface area contributed by atoms with Crippen molar-refractivity contribution >= 4 is 36.6 Å². The first-order valence-electron chi connectivity index (χ1n) is 11.9. The molecule has 5 nitrogen and oxygen atoms in total. The average Bonchev–Trinajstić information content (AvgIpc) is 3.12. The number of fused-ring (bicyclic) bond motifs is 1. The van der Waals surface area contributed by atoms with Crippen LogP contribution in [0.4, 0.5) is 8.78 Å². The second-order valence-corrected chi connectivity index (χ2v) is 9.04. The number of halogens is 4. The molecule has 9 heteroatoms. The molecule has 0 bridgehead atoms. The minimum absolute atomic E-state index is 0. The van der Waals surface area contributed by atoms with Crippen LogP contribution in [-0.2, 0) is 0 Å². The van der Waals surface area contributed by atoms with Crippen LogP contribution in [0, 0.1) is 11.6 Å². The zero-order chi connectivity index (χ0) is 24.4. The van der Waals surface area contributed by atoms with Crippen LogP contribution in [0.5, 0.6) is 0 Å². The molecule has 0 aromatic heterocycles. The number of amides is 2. The summed E-state index contributed by atoms with van der Waals surface area (Å²) in [6, 6.07) is 19.9. The Morgan fingerprint density at radius 3 is 1.57 bits per heavy atom. The van der Waals surface area contributed by atoms with Crippen LogP contribution in [0.3, 0.4) is 0 Å². The molecule has 2 aliphatic heterocycles. The van der Waals surface area contributed by atoms with Gasteiger partial charge >= 0.3 is 0 Å². The topological polar surface area (TPSA) is 43.9 Å². The molecule has 3 aromatic rings. The highest BCUT2D eigenvalue weighted by molar-refractivity contribution is 6.21. The molecule has 0 aliphatic carbocycles. The van der Waals surface area contributed by atoms with Crippen molar-refractivity contribution < 1.29 is 18.4 Å². The van der Waals surface area contributed by atoms with Crippen molar-refractivity contribution in [2.75, 3.05) is 39.3 Å². The van der Waals surface area contributed by atoms with Gasteiger partial charge in [0.1, 0.15) is 11.6 Å². The van der Waals surface area contributed by atoms with E-state index in [9.17, 15) is 18.4 Å². The van der Waals surface area contributed by atoms with E-state index >= 15 is 0 Å². The van der Waals surface area contributed by atoms with E-state index in [1.165, 1.54) is 29.2 Å². The van der Waals surface area contributed by atoms with Gasteiger partial charge in [-0.2, -0.15) is 0 Å². The molecule has 0 unspecified atom stereocenters. The number of carbonyl (C=O) groups is 2. The van der Waals surface area contributed by atoms with Crippen molar-refractivity contribution in [1.29, 1.82) is 0 Å². The van der Waals surface area contributed by atoms with Gasteiger partial charge in [0.05, 0.1) is 17.2 Å². The second-order valence-electron chi connectivity index (χ2n) is 9.04. The van der Waals surface area contributed by atoms with E-state index in [0.717, 1.165) is 43.9 Å². The predicted octanol–water partition coefficient (Wildman–Crippen LogP) is 5.20. The Bertz CT molecular complexity index is 1140. The summed E-state index contributed by atoms with van der Waals surface area (Å²) in [5.41, 5.74) is 2.91. The molecule has 37 heavy (non-hydrogen) atoms. The summed E-state index contributed by atoms with van der Waals surface area (Å²) in [7, 11) is 0. The molecule has 2 aliphatic rings. The molecule has 3 aromatic carbocycles. The molecular formula is C28H29Cl2F2N3O2. The van der Waals surface area contributed by atoms with E-state index in [1.807, 2.05) is 0 Å². The first-order valence-corrected chi connectivity index (χ1v) is 11.9. The smallest absolute Gasteiger partial charge is 0.261 e. The molecule has 2 amide bonds. The van der Waals surface area contributed by atoms with Gasteiger partial charge < -0.3 is 4.90 Å². The summed E-state index contributed by atoms with van der Waals surface area (Å²) in [6.45, 7) is 4.46. The third kappa shape index (κ3) is 6.18. The highest BCUT2D eigenvalue weighted by atomic mass is 35.5. The molecule has 0 N–H and O–H groups in total. The van der Waals surface area contributed by atoms with E-state index in [0.29, 0.717) is 24.1 Å². The van der Waals surface area contributed by atoms with Crippen LogP contribution in [0.1, 0.15) is 44.3 Å². The number of hydrogen-bond donors (Lipinski definition) is 0. The number of hydrogen-bond acceptors (Lipinski definition) is 4. The number of nitrogens with zero attached hydrogens (tertiary/aromatic N) is 3. The molecular weight excluding hydrogens is 519 g/mol. The Kier molecular flexibility index (Phi) is 9.79. The van der Waals surface area contributed by atoms with E-state index in [1.54, 1.807) is 48.5 Å². The summed E-state index contributed by atoms with van der Waals surface area (Å²) in [4.78, 5) is 31.1. The van der Waals surface area contributed by atoms with Crippen LogP contribution in [-0.4, -0.2) is 65.8 Å². The normalized spacial score (nSPS) is 15.9. The lowest BCUT2D eigenvalue weighted by Crippen LogP contribution is -2.48.